The van der Waals surface area contributed by atoms with Crippen molar-refractivity contribution in [1.82, 2.24) is 20.2 Å². The monoisotopic (exact) mass is 280 g/mol. The van der Waals surface area contributed by atoms with Crippen LogP contribution in [-0.4, -0.2) is 51.1 Å². The second-order valence-corrected chi connectivity index (χ2v) is 5.31. The van der Waals surface area contributed by atoms with Crippen LogP contribution in [0.25, 0.3) is 0 Å². The zero-order valence-electron chi connectivity index (χ0n) is 11.7. The lowest BCUT2D eigenvalue weighted by molar-refractivity contribution is -0.139. The number of carboxylic acids is 1. The molecule has 7 heteroatoms. The zero-order valence-corrected chi connectivity index (χ0v) is 11.7. The topological polar surface area (TPSA) is 98.3 Å². The minimum absolute atomic E-state index is 0.136. The quantitative estimate of drug-likeness (QED) is 0.719. The molecule has 7 nitrogen and oxygen atoms in total. The number of H-pyrrole nitrogens is 1. The van der Waals surface area contributed by atoms with Gasteiger partial charge < -0.3 is 20.3 Å². The maximum atomic E-state index is 12.1. The largest absolute Gasteiger partial charge is 0.480 e. The van der Waals surface area contributed by atoms with Gasteiger partial charge in [0, 0.05) is 31.4 Å². The van der Waals surface area contributed by atoms with Gasteiger partial charge in [0.05, 0.1) is 6.33 Å². The van der Waals surface area contributed by atoms with Gasteiger partial charge >= 0.3 is 12.0 Å². The highest BCUT2D eigenvalue weighted by Crippen LogP contribution is 2.34. The first-order chi connectivity index (χ1) is 9.49. The van der Waals surface area contributed by atoms with Crippen molar-refractivity contribution in [2.24, 2.45) is 5.92 Å². The molecule has 0 spiro atoms. The Hall–Kier alpha value is -2.05. The van der Waals surface area contributed by atoms with Crippen molar-refractivity contribution >= 4 is 12.0 Å². The number of nitrogens with one attached hydrogen (secondary N) is 2. The number of aromatic amines is 1. The average molecular weight is 280 g/mol. The van der Waals surface area contributed by atoms with Gasteiger partial charge in [-0.25, -0.2) is 14.6 Å². The van der Waals surface area contributed by atoms with Crippen LogP contribution in [0.3, 0.4) is 0 Å². The van der Waals surface area contributed by atoms with E-state index in [2.05, 4.69) is 15.3 Å². The molecule has 0 radical (unpaired) electrons. The predicted molar refractivity (Wildman–Crippen MR) is 72.2 cm³/mol. The third kappa shape index (κ3) is 3.49. The van der Waals surface area contributed by atoms with Crippen molar-refractivity contribution in [3.8, 4) is 0 Å². The van der Waals surface area contributed by atoms with Crippen LogP contribution in [0.2, 0.25) is 0 Å². The summed E-state index contributed by atoms with van der Waals surface area (Å²) in [6, 6.07) is -1.18. The van der Waals surface area contributed by atoms with Crippen molar-refractivity contribution in [3.63, 3.8) is 0 Å². The number of aromatic nitrogens is 2. The molecule has 1 heterocycles. The van der Waals surface area contributed by atoms with E-state index in [1.165, 1.54) is 6.33 Å². The van der Waals surface area contributed by atoms with Gasteiger partial charge in [-0.2, -0.15) is 0 Å². The van der Waals surface area contributed by atoms with E-state index in [-0.39, 0.29) is 18.5 Å². The highest BCUT2D eigenvalue weighted by molar-refractivity contribution is 5.82. The summed E-state index contributed by atoms with van der Waals surface area (Å²) in [6.45, 7) is 1.99. The van der Waals surface area contributed by atoms with Crippen LogP contribution in [-0.2, 0) is 11.2 Å². The second kappa shape index (κ2) is 5.94. The molecule has 1 aromatic rings. The zero-order chi connectivity index (χ0) is 14.7. The summed E-state index contributed by atoms with van der Waals surface area (Å²) < 4.78 is 0. The summed E-state index contributed by atoms with van der Waals surface area (Å²) in [6.07, 6.45) is 5.49. The first-order valence-corrected chi connectivity index (χ1v) is 6.72. The molecule has 1 fully saturated rings. The van der Waals surface area contributed by atoms with Crippen LogP contribution in [0, 0.1) is 5.92 Å². The number of urea groups is 1. The number of rotatable bonds is 6. The van der Waals surface area contributed by atoms with Gasteiger partial charge in [0.15, 0.2) is 0 Å². The molecule has 1 aliphatic rings. The predicted octanol–water partition coefficient (Wildman–Crippen LogP) is 0.845. The third-order valence-corrected chi connectivity index (χ3v) is 3.81. The van der Waals surface area contributed by atoms with E-state index in [4.69, 9.17) is 0 Å². The van der Waals surface area contributed by atoms with Gasteiger partial charge in [-0.15, -0.1) is 0 Å². The van der Waals surface area contributed by atoms with Crippen molar-refractivity contribution in [3.05, 3.63) is 18.2 Å². The molecular formula is C13H20N4O3. The maximum absolute atomic E-state index is 12.1. The third-order valence-electron chi connectivity index (χ3n) is 3.81. The normalized spacial score (nSPS) is 17.3. The standard InChI is InChI=1S/C13H20N4O3/c1-8(9-3-4-9)17(2)13(20)16-11(12(18)19)5-10-6-14-7-15-10/h6-9,11H,3-5H2,1-2H3,(H,14,15)(H,16,20)(H,18,19)/t8?,11-/m1/s1. The van der Waals surface area contributed by atoms with Crippen LogP contribution in [0.1, 0.15) is 25.5 Å². The smallest absolute Gasteiger partial charge is 0.326 e. The molecule has 1 aromatic heterocycles. The van der Waals surface area contributed by atoms with Crippen LogP contribution < -0.4 is 5.32 Å². The van der Waals surface area contributed by atoms with E-state index in [0.29, 0.717) is 11.6 Å². The molecule has 0 bridgehead atoms. The highest BCUT2D eigenvalue weighted by Gasteiger charge is 2.33. The molecule has 2 amide bonds. The maximum Gasteiger partial charge on any atom is 0.326 e. The van der Waals surface area contributed by atoms with Gasteiger partial charge in [-0.05, 0) is 25.7 Å². The van der Waals surface area contributed by atoms with E-state index in [1.54, 1.807) is 18.1 Å². The molecular weight excluding hydrogens is 260 g/mol. The average Bonchev–Trinajstić information content (AvgIpc) is 3.14. The Kier molecular flexibility index (Phi) is 4.26. The van der Waals surface area contributed by atoms with Gasteiger partial charge in [0.2, 0.25) is 0 Å². The summed E-state index contributed by atoms with van der Waals surface area (Å²) in [4.78, 5) is 31.6. The van der Waals surface area contributed by atoms with E-state index in [9.17, 15) is 14.7 Å². The molecule has 20 heavy (non-hydrogen) atoms. The Morgan fingerprint density at radius 1 is 1.60 bits per heavy atom. The Labute approximate surface area is 117 Å². The molecule has 1 saturated carbocycles. The van der Waals surface area contributed by atoms with Gasteiger partial charge in [-0.3, -0.25) is 0 Å². The summed E-state index contributed by atoms with van der Waals surface area (Å²) in [5.74, 6) is -0.512. The van der Waals surface area contributed by atoms with Crippen LogP contribution in [0.5, 0.6) is 0 Å². The first kappa shape index (κ1) is 14.4. The summed E-state index contributed by atoms with van der Waals surface area (Å²) in [5, 5.41) is 11.8. The van der Waals surface area contributed by atoms with Crippen molar-refractivity contribution < 1.29 is 14.7 Å². The number of aliphatic carboxylic acids is 1. The molecule has 1 unspecified atom stereocenters. The van der Waals surface area contributed by atoms with E-state index >= 15 is 0 Å². The van der Waals surface area contributed by atoms with Crippen molar-refractivity contribution in [2.75, 3.05) is 7.05 Å². The number of hydrogen-bond donors (Lipinski definition) is 3. The summed E-state index contributed by atoms with van der Waals surface area (Å²) >= 11 is 0. The molecule has 0 aliphatic heterocycles. The van der Waals surface area contributed by atoms with Crippen molar-refractivity contribution in [1.29, 1.82) is 0 Å². The van der Waals surface area contributed by atoms with Gasteiger partial charge in [-0.1, -0.05) is 0 Å². The lowest BCUT2D eigenvalue weighted by Gasteiger charge is -2.26. The lowest BCUT2D eigenvalue weighted by Crippen LogP contribution is -2.50. The Morgan fingerprint density at radius 2 is 2.30 bits per heavy atom. The minimum Gasteiger partial charge on any atom is -0.480 e. The number of nitrogens with zero attached hydrogens (tertiary/aromatic N) is 2. The Morgan fingerprint density at radius 3 is 2.80 bits per heavy atom. The number of carbonyl (C=O) groups is 2. The van der Waals surface area contributed by atoms with Gasteiger partial charge in [0.25, 0.3) is 0 Å². The van der Waals surface area contributed by atoms with Crippen LogP contribution in [0.4, 0.5) is 4.79 Å². The fourth-order valence-electron chi connectivity index (χ4n) is 2.15. The van der Waals surface area contributed by atoms with Crippen LogP contribution in [0.15, 0.2) is 12.5 Å². The molecule has 3 N–H and O–H groups in total. The SMILES string of the molecule is CC(C1CC1)N(C)C(=O)N[C@H](Cc1cnc[nH]1)C(=O)O. The van der Waals surface area contributed by atoms with Gasteiger partial charge in [0.1, 0.15) is 6.04 Å². The number of hydrogen-bond acceptors (Lipinski definition) is 3. The number of carboxylic acid groups (broad SMARTS) is 1. The fourth-order valence-corrected chi connectivity index (χ4v) is 2.15. The summed E-state index contributed by atoms with van der Waals surface area (Å²) in [5.41, 5.74) is 0.676. The molecule has 2 rings (SSSR count). The molecule has 0 saturated heterocycles. The fraction of sp³-hybridized carbons (Fsp3) is 0.615. The van der Waals surface area contributed by atoms with Crippen molar-refractivity contribution in [2.45, 2.75) is 38.3 Å². The minimum atomic E-state index is -1.06. The highest BCUT2D eigenvalue weighted by atomic mass is 16.4. The number of amides is 2. The van der Waals surface area contributed by atoms with E-state index in [0.717, 1.165) is 12.8 Å². The first-order valence-electron chi connectivity index (χ1n) is 6.72. The Balaban J connectivity index is 1.93. The molecule has 110 valence electrons. The van der Waals surface area contributed by atoms with Crippen LogP contribution >= 0.6 is 0 Å². The number of carbonyl (C=O) groups excluding carboxylic acids is 1. The molecule has 0 aromatic carbocycles. The van der Waals surface area contributed by atoms with E-state index < -0.39 is 12.0 Å². The second-order valence-electron chi connectivity index (χ2n) is 5.31. The number of imidazole rings is 1. The Bertz CT molecular complexity index is 470. The van der Waals surface area contributed by atoms with E-state index in [1.807, 2.05) is 6.92 Å². The summed E-state index contributed by atoms with van der Waals surface area (Å²) in [7, 11) is 1.70. The molecule has 2 atom stereocenters. The lowest BCUT2D eigenvalue weighted by atomic mass is 10.1. The molecule has 1 aliphatic carbocycles.